The topological polar surface area (TPSA) is 23.5 Å². The highest BCUT2D eigenvalue weighted by atomic mass is 32.1. The summed E-state index contributed by atoms with van der Waals surface area (Å²) in [4.78, 5) is 2.24. The van der Waals surface area contributed by atoms with Gasteiger partial charge in [0.1, 0.15) is 0 Å². The fourth-order valence-electron chi connectivity index (χ4n) is 2.58. The van der Waals surface area contributed by atoms with E-state index in [9.17, 15) is 5.11 Å². The summed E-state index contributed by atoms with van der Waals surface area (Å²) < 4.78 is 0. The largest absolute Gasteiger partial charge is 0.392 e. The van der Waals surface area contributed by atoms with E-state index >= 15 is 0 Å². The summed E-state index contributed by atoms with van der Waals surface area (Å²) in [5, 5.41) is 9.29. The van der Waals surface area contributed by atoms with Crippen molar-refractivity contribution < 1.29 is 5.11 Å². The van der Waals surface area contributed by atoms with Gasteiger partial charge in [0, 0.05) is 13.1 Å². The molecular formula is C11H23NOS. The first kappa shape index (κ1) is 12.3. The minimum atomic E-state index is -0.224. The van der Waals surface area contributed by atoms with Crippen molar-refractivity contribution in [2.75, 3.05) is 25.9 Å². The molecule has 1 fully saturated rings. The third kappa shape index (κ3) is 3.44. The third-order valence-electron chi connectivity index (χ3n) is 3.18. The van der Waals surface area contributed by atoms with Crippen LogP contribution in [-0.4, -0.2) is 42.0 Å². The Balaban J connectivity index is 2.39. The molecule has 1 unspecified atom stereocenters. The van der Waals surface area contributed by atoms with Crippen molar-refractivity contribution in [2.24, 2.45) is 5.41 Å². The number of thiol groups is 1. The van der Waals surface area contributed by atoms with E-state index in [4.69, 9.17) is 0 Å². The number of aliphatic hydroxyl groups is 1. The Kier molecular flexibility index (Phi) is 4.74. The van der Waals surface area contributed by atoms with Gasteiger partial charge in [0.15, 0.2) is 0 Å². The van der Waals surface area contributed by atoms with Gasteiger partial charge in [-0.25, -0.2) is 0 Å². The summed E-state index contributed by atoms with van der Waals surface area (Å²) in [6, 6.07) is 0. The first-order valence-corrected chi connectivity index (χ1v) is 6.19. The molecule has 1 atom stereocenters. The van der Waals surface area contributed by atoms with Crippen LogP contribution in [0.5, 0.6) is 0 Å². The molecular weight excluding hydrogens is 194 g/mol. The molecule has 0 aromatic carbocycles. The molecule has 14 heavy (non-hydrogen) atoms. The number of hydrogen-bond acceptors (Lipinski definition) is 3. The fourth-order valence-corrected chi connectivity index (χ4v) is 3.00. The minimum absolute atomic E-state index is 0.224. The highest BCUT2D eigenvalue weighted by Gasteiger charge is 2.33. The van der Waals surface area contributed by atoms with Gasteiger partial charge in [0.2, 0.25) is 0 Å². The molecule has 0 amide bonds. The third-order valence-corrected chi connectivity index (χ3v) is 3.85. The van der Waals surface area contributed by atoms with E-state index in [0.717, 1.165) is 18.8 Å². The van der Waals surface area contributed by atoms with Crippen molar-refractivity contribution in [1.82, 2.24) is 4.90 Å². The molecule has 1 aliphatic carbocycles. The molecule has 3 heteroatoms. The summed E-state index contributed by atoms with van der Waals surface area (Å²) in [5.41, 5.74) is 0.423. The van der Waals surface area contributed by atoms with Crippen molar-refractivity contribution in [3.8, 4) is 0 Å². The predicted octanol–water partition coefficient (Wildman–Crippen LogP) is 1.79. The fraction of sp³-hybridized carbons (Fsp3) is 1.00. The van der Waals surface area contributed by atoms with Crippen molar-refractivity contribution in [3.05, 3.63) is 0 Å². The van der Waals surface area contributed by atoms with E-state index in [0.29, 0.717) is 5.41 Å². The molecule has 0 aromatic heterocycles. The van der Waals surface area contributed by atoms with Gasteiger partial charge in [0.25, 0.3) is 0 Å². The molecule has 0 heterocycles. The van der Waals surface area contributed by atoms with Gasteiger partial charge in [0.05, 0.1) is 6.10 Å². The Morgan fingerprint density at radius 3 is 2.43 bits per heavy atom. The molecule has 0 aliphatic heterocycles. The first-order valence-electron chi connectivity index (χ1n) is 5.55. The Hall–Kier alpha value is 0.270. The van der Waals surface area contributed by atoms with Gasteiger partial charge >= 0.3 is 0 Å². The molecule has 84 valence electrons. The second kappa shape index (κ2) is 5.38. The van der Waals surface area contributed by atoms with E-state index in [2.05, 4.69) is 24.6 Å². The van der Waals surface area contributed by atoms with E-state index in [1.54, 1.807) is 0 Å². The summed E-state index contributed by atoms with van der Waals surface area (Å²) in [6.07, 6.45) is 5.09. The average molecular weight is 217 g/mol. The lowest BCUT2D eigenvalue weighted by Gasteiger charge is -2.32. The maximum absolute atomic E-state index is 9.29. The zero-order valence-corrected chi connectivity index (χ0v) is 10.3. The second-order valence-corrected chi connectivity index (χ2v) is 5.23. The number of aliphatic hydroxyl groups excluding tert-OH is 1. The SMILES string of the molecule is CC(O)CN(C)CC1(CS)CCCC1. The molecule has 0 spiro atoms. The van der Waals surface area contributed by atoms with Crippen LogP contribution >= 0.6 is 12.6 Å². The predicted molar refractivity (Wildman–Crippen MR) is 63.9 cm³/mol. The number of rotatable bonds is 5. The van der Waals surface area contributed by atoms with E-state index < -0.39 is 0 Å². The second-order valence-electron chi connectivity index (χ2n) is 4.91. The lowest BCUT2D eigenvalue weighted by Crippen LogP contribution is -2.38. The van der Waals surface area contributed by atoms with Crippen LogP contribution in [0.4, 0.5) is 0 Å². The lowest BCUT2D eigenvalue weighted by molar-refractivity contribution is 0.114. The number of likely N-dealkylation sites (N-methyl/N-ethyl adjacent to an activating group) is 1. The summed E-state index contributed by atoms with van der Waals surface area (Å²) in [6.45, 7) is 3.70. The van der Waals surface area contributed by atoms with E-state index in [1.807, 2.05) is 6.92 Å². The maximum atomic E-state index is 9.29. The molecule has 1 rings (SSSR count). The van der Waals surface area contributed by atoms with E-state index in [-0.39, 0.29) is 6.10 Å². The van der Waals surface area contributed by atoms with Gasteiger partial charge in [-0.2, -0.15) is 12.6 Å². The van der Waals surface area contributed by atoms with Crippen molar-refractivity contribution >= 4 is 12.6 Å². The van der Waals surface area contributed by atoms with Crippen molar-refractivity contribution in [2.45, 2.75) is 38.7 Å². The molecule has 0 radical (unpaired) electrons. The van der Waals surface area contributed by atoms with Crippen LogP contribution in [0, 0.1) is 5.41 Å². The van der Waals surface area contributed by atoms with Gasteiger partial charge in [-0.1, -0.05) is 12.8 Å². The van der Waals surface area contributed by atoms with Crippen LogP contribution in [0.15, 0.2) is 0 Å². The smallest absolute Gasteiger partial charge is 0.0638 e. The Morgan fingerprint density at radius 1 is 1.43 bits per heavy atom. The van der Waals surface area contributed by atoms with Crippen LogP contribution in [0.3, 0.4) is 0 Å². The van der Waals surface area contributed by atoms with Gasteiger partial charge in [-0.15, -0.1) is 0 Å². The highest BCUT2D eigenvalue weighted by Crippen LogP contribution is 2.39. The van der Waals surface area contributed by atoms with Crippen LogP contribution in [0.2, 0.25) is 0 Å². The Morgan fingerprint density at radius 2 is 2.00 bits per heavy atom. The molecule has 1 aliphatic rings. The van der Waals surface area contributed by atoms with Crippen molar-refractivity contribution in [3.63, 3.8) is 0 Å². The summed E-state index contributed by atoms with van der Waals surface area (Å²) >= 11 is 4.48. The van der Waals surface area contributed by atoms with Crippen LogP contribution in [-0.2, 0) is 0 Å². The Bertz CT molecular complexity index is 167. The van der Waals surface area contributed by atoms with Gasteiger partial charge in [-0.05, 0) is 38.0 Å². The minimum Gasteiger partial charge on any atom is -0.392 e. The van der Waals surface area contributed by atoms with Crippen LogP contribution in [0.25, 0.3) is 0 Å². The maximum Gasteiger partial charge on any atom is 0.0638 e. The molecule has 2 nitrogen and oxygen atoms in total. The molecule has 0 saturated heterocycles. The number of hydrogen-bond donors (Lipinski definition) is 2. The molecule has 0 bridgehead atoms. The highest BCUT2D eigenvalue weighted by molar-refractivity contribution is 7.80. The normalized spacial score (nSPS) is 22.9. The van der Waals surface area contributed by atoms with Crippen LogP contribution < -0.4 is 0 Å². The van der Waals surface area contributed by atoms with Gasteiger partial charge in [-0.3, -0.25) is 0 Å². The van der Waals surface area contributed by atoms with E-state index in [1.165, 1.54) is 25.7 Å². The number of nitrogens with zero attached hydrogens (tertiary/aromatic N) is 1. The average Bonchev–Trinajstić information content (AvgIpc) is 2.52. The zero-order valence-electron chi connectivity index (χ0n) is 9.37. The molecule has 0 aromatic rings. The van der Waals surface area contributed by atoms with Crippen LogP contribution in [0.1, 0.15) is 32.6 Å². The van der Waals surface area contributed by atoms with Gasteiger partial charge < -0.3 is 10.0 Å². The van der Waals surface area contributed by atoms with Crippen molar-refractivity contribution in [1.29, 1.82) is 0 Å². The zero-order chi connectivity index (χ0) is 10.6. The lowest BCUT2D eigenvalue weighted by atomic mass is 9.88. The molecule has 1 N–H and O–H groups in total. The monoisotopic (exact) mass is 217 g/mol. The first-order chi connectivity index (χ1) is 6.58. The standard InChI is InChI=1S/C11H23NOS/c1-10(13)7-12(2)8-11(9-14)5-3-4-6-11/h10,13-14H,3-9H2,1-2H3. The quantitative estimate of drug-likeness (QED) is 0.686. The summed E-state index contributed by atoms with van der Waals surface area (Å²) in [7, 11) is 2.09. The molecule has 1 saturated carbocycles. The summed E-state index contributed by atoms with van der Waals surface area (Å²) in [5.74, 6) is 0.983. The Labute approximate surface area is 93.1 Å².